The van der Waals surface area contributed by atoms with E-state index in [9.17, 15) is 26.5 Å². The molecule has 25 heavy (non-hydrogen) atoms. The molecule has 0 saturated heterocycles. The Bertz CT molecular complexity index is 1020. The topological polar surface area (TPSA) is 83.5 Å². The van der Waals surface area contributed by atoms with Crippen molar-refractivity contribution in [1.29, 1.82) is 0 Å². The third kappa shape index (κ3) is 3.18. The molecule has 0 unspecified atom stereocenters. The van der Waals surface area contributed by atoms with Crippen LogP contribution in [0, 0.1) is 0 Å². The molecule has 5 nitrogen and oxygen atoms in total. The smallest absolute Gasteiger partial charge is 0.367 e. The zero-order valence-corrected chi connectivity index (χ0v) is 13.4. The molecule has 0 aliphatic heterocycles. The van der Waals surface area contributed by atoms with Gasteiger partial charge in [-0.3, -0.25) is 0 Å². The van der Waals surface area contributed by atoms with Crippen molar-refractivity contribution in [3.8, 4) is 0 Å². The maximum Gasteiger partial charge on any atom is 0.367 e. The SMILES string of the molecule is O=C(OCC(F)(F)S(=O)(=O)[O-])c1c2ccccc2cc2ccccc12. The first-order valence-corrected chi connectivity index (χ1v) is 8.52. The van der Waals surface area contributed by atoms with E-state index in [1.165, 1.54) is 0 Å². The summed E-state index contributed by atoms with van der Waals surface area (Å²) < 4.78 is 62.6. The minimum absolute atomic E-state index is 0.0350. The molecule has 0 amide bonds. The molecule has 0 heterocycles. The van der Waals surface area contributed by atoms with E-state index in [1.807, 2.05) is 6.07 Å². The van der Waals surface area contributed by atoms with Gasteiger partial charge < -0.3 is 9.29 Å². The van der Waals surface area contributed by atoms with E-state index >= 15 is 0 Å². The van der Waals surface area contributed by atoms with Crippen LogP contribution in [0.1, 0.15) is 10.4 Å². The van der Waals surface area contributed by atoms with Gasteiger partial charge in [0.1, 0.15) is 0 Å². The number of halogens is 2. The van der Waals surface area contributed by atoms with Gasteiger partial charge in [-0.2, -0.15) is 8.78 Å². The molecule has 0 aliphatic rings. The van der Waals surface area contributed by atoms with E-state index in [1.54, 1.807) is 48.5 Å². The molecule has 0 aliphatic carbocycles. The Labute approximate surface area is 141 Å². The highest BCUT2D eigenvalue weighted by atomic mass is 32.2. The van der Waals surface area contributed by atoms with Crippen LogP contribution in [0.4, 0.5) is 8.78 Å². The molecule has 3 aromatic rings. The van der Waals surface area contributed by atoms with E-state index < -0.39 is 27.9 Å². The van der Waals surface area contributed by atoms with Crippen LogP contribution >= 0.6 is 0 Å². The van der Waals surface area contributed by atoms with Gasteiger partial charge in [-0.25, -0.2) is 13.2 Å². The van der Waals surface area contributed by atoms with E-state index in [2.05, 4.69) is 4.74 Å². The lowest BCUT2D eigenvalue weighted by Crippen LogP contribution is -2.34. The van der Waals surface area contributed by atoms with Gasteiger partial charge in [0.15, 0.2) is 16.7 Å². The third-order valence-electron chi connectivity index (χ3n) is 3.71. The van der Waals surface area contributed by atoms with Crippen molar-refractivity contribution in [3.05, 3.63) is 60.2 Å². The molecule has 0 N–H and O–H groups in total. The summed E-state index contributed by atoms with van der Waals surface area (Å²) in [5, 5.41) is -2.37. The van der Waals surface area contributed by atoms with Crippen LogP contribution in [0.5, 0.6) is 0 Å². The summed E-state index contributed by atoms with van der Waals surface area (Å²) in [5.41, 5.74) is 0.0350. The first-order chi connectivity index (χ1) is 11.7. The van der Waals surface area contributed by atoms with Crippen LogP contribution in [0.2, 0.25) is 0 Å². The number of hydrogen-bond acceptors (Lipinski definition) is 5. The Morgan fingerprint density at radius 2 is 1.48 bits per heavy atom. The zero-order chi connectivity index (χ0) is 18.2. The number of esters is 1. The minimum Gasteiger partial charge on any atom is -0.743 e. The normalized spacial score (nSPS) is 12.4. The molecule has 0 fully saturated rings. The molecular formula is C17H11F2O5S-. The number of benzene rings is 3. The number of rotatable bonds is 4. The summed E-state index contributed by atoms with van der Waals surface area (Å²) in [7, 11) is -5.93. The number of fused-ring (bicyclic) bond motifs is 2. The number of carbonyl (C=O) groups excluding carboxylic acids is 1. The van der Waals surface area contributed by atoms with Crippen molar-refractivity contribution in [2.75, 3.05) is 6.61 Å². The standard InChI is InChI=1S/C17H12F2O5S/c18-17(19,25(21,22)23)10-24-16(20)15-13-7-3-1-5-11(13)9-12-6-2-4-8-14(12)15/h1-9H,10H2,(H,21,22,23)/p-1. The highest BCUT2D eigenvalue weighted by molar-refractivity contribution is 7.86. The molecular weight excluding hydrogens is 354 g/mol. The fraction of sp³-hybridized carbons (Fsp3) is 0.118. The maximum atomic E-state index is 13.3. The lowest BCUT2D eigenvalue weighted by atomic mass is 9.97. The van der Waals surface area contributed by atoms with Crippen LogP contribution in [0.3, 0.4) is 0 Å². The molecule has 0 atom stereocenters. The van der Waals surface area contributed by atoms with E-state index in [0.29, 0.717) is 21.5 Å². The Morgan fingerprint density at radius 1 is 1.00 bits per heavy atom. The maximum absolute atomic E-state index is 13.3. The van der Waals surface area contributed by atoms with E-state index in [4.69, 9.17) is 0 Å². The molecule has 3 rings (SSSR count). The summed E-state index contributed by atoms with van der Waals surface area (Å²) >= 11 is 0. The van der Waals surface area contributed by atoms with Crippen molar-refractivity contribution >= 4 is 37.6 Å². The van der Waals surface area contributed by atoms with Gasteiger partial charge in [0.05, 0.1) is 5.56 Å². The molecule has 0 saturated carbocycles. The summed E-state index contributed by atoms with van der Waals surface area (Å²) in [6.07, 6.45) is 0. The first-order valence-electron chi connectivity index (χ1n) is 7.11. The quantitative estimate of drug-likeness (QED) is 0.402. The first kappa shape index (κ1) is 17.2. The largest absolute Gasteiger partial charge is 0.743 e. The summed E-state index contributed by atoms with van der Waals surface area (Å²) in [5.74, 6) is -1.13. The Hall–Kier alpha value is -2.58. The monoisotopic (exact) mass is 365 g/mol. The summed E-state index contributed by atoms with van der Waals surface area (Å²) in [4.78, 5) is 12.4. The second kappa shape index (κ2) is 6.05. The average Bonchev–Trinajstić information content (AvgIpc) is 2.56. The molecule has 0 radical (unpaired) electrons. The van der Waals surface area contributed by atoms with Gasteiger partial charge in [-0.15, -0.1) is 0 Å². The third-order valence-corrected chi connectivity index (χ3v) is 4.56. The van der Waals surface area contributed by atoms with Crippen molar-refractivity contribution in [2.45, 2.75) is 5.25 Å². The summed E-state index contributed by atoms with van der Waals surface area (Å²) in [6.45, 7) is -1.84. The van der Waals surface area contributed by atoms with Gasteiger partial charge in [0.2, 0.25) is 0 Å². The Kier molecular flexibility index (Phi) is 4.18. The van der Waals surface area contributed by atoms with Crippen LogP contribution in [0.25, 0.3) is 21.5 Å². The second-order valence-corrected chi connectivity index (χ2v) is 6.87. The molecule has 0 aromatic heterocycles. The zero-order valence-electron chi connectivity index (χ0n) is 12.6. The lowest BCUT2D eigenvalue weighted by Gasteiger charge is -2.20. The van der Waals surface area contributed by atoms with Gasteiger partial charge in [-0.05, 0) is 27.6 Å². The summed E-state index contributed by atoms with van der Waals surface area (Å²) in [6, 6.07) is 15.4. The number of ether oxygens (including phenoxy) is 1. The predicted octanol–water partition coefficient (Wildman–Crippen LogP) is 3.29. The van der Waals surface area contributed by atoms with E-state index in [-0.39, 0.29) is 5.56 Å². The number of carbonyl (C=O) groups is 1. The highest BCUT2D eigenvalue weighted by Crippen LogP contribution is 2.30. The predicted molar refractivity (Wildman–Crippen MR) is 86.4 cm³/mol. The van der Waals surface area contributed by atoms with Crippen LogP contribution < -0.4 is 0 Å². The van der Waals surface area contributed by atoms with Gasteiger partial charge in [0, 0.05) is 0 Å². The van der Waals surface area contributed by atoms with Gasteiger partial charge in [0.25, 0.3) is 0 Å². The molecule has 0 spiro atoms. The Morgan fingerprint density at radius 3 is 1.96 bits per heavy atom. The fourth-order valence-electron chi connectivity index (χ4n) is 2.53. The van der Waals surface area contributed by atoms with Crippen molar-refractivity contribution in [2.24, 2.45) is 0 Å². The molecule has 0 bridgehead atoms. The second-order valence-electron chi connectivity index (χ2n) is 5.36. The van der Waals surface area contributed by atoms with Gasteiger partial charge >= 0.3 is 11.2 Å². The fourth-order valence-corrected chi connectivity index (χ4v) is 2.73. The van der Waals surface area contributed by atoms with Crippen LogP contribution in [-0.4, -0.2) is 30.8 Å². The highest BCUT2D eigenvalue weighted by Gasteiger charge is 2.39. The number of hydrogen-bond donors (Lipinski definition) is 0. The minimum atomic E-state index is -5.93. The van der Waals surface area contributed by atoms with Crippen molar-refractivity contribution in [3.63, 3.8) is 0 Å². The van der Waals surface area contributed by atoms with E-state index in [0.717, 1.165) is 0 Å². The number of alkyl halides is 2. The van der Waals surface area contributed by atoms with Gasteiger partial charge in [-0.1, -0.05) is 48.5 Å². The lowest BCUT2D eigenvalue weighted by molar-refractivity contribution is -0.00971. The molecule has 8 heteroatoms. The van der Waals surface area contributed by atoms with Crippen LogP contribution in [-0.2, 0) is 14.9 Å². The molecule has 130 valence electrons. The average molecular weight is 365 g/mol. The Balaban J connectivity index is 2.08. The molecule has 3 aromatic carbocycles. The van der Waals surface area contributed by atoms with Crippen molar-refractivity contribution in [1.82, 2.24) is 0 Å². The van der Waals surface area contributed by atoms with Crippen LogP contribution in [0.15, 0.2) is 54.6 Å². The van der Waals surface area contributed by atoms with Crippen molar-refractivity contribution < 1.29 is 31.3 Å².